The number of pyridine rings is 1. The second-order valence-electron chi connectivity index (χ2n) is 7.79. The number of rotatable bonds is 11. The number of ether oxygens (including phenoxy) is 1. The van der Waals surface area contributed by atoms with Gasteiger partial charge >= 0.3 is 0 Å². The molecule has 0 radical (unpaired) electrons. The minimum atomic E-state index is -0.180. The zero-order valence-corrected chi connectivity index (χ0v) is 18.1. The number of anilines is 1. The molecule has 1 heterocycles. The molecule has 0 fully saturated rings. The van der Waals surface area contributed by atoms with Crippen LogP contribution in [0.25, 0.3) is 5.69 Å². The highest BCUT2D eigenvalue weighted by atomic mass is 16.5. The summed E-state index contributed by atoms with van der Waals surface area (Å²) in [7, 11) is 0. The van der Waals surface area contributed by atoms with Crippen molar-refractivity contribution >= 4 is 11.9 Å². The first-order valence-corrected chi connectivity index (χ1v) is 10.6. The third-order valence-corrected chi connectivity index (χ3v) is 4.78. The van der Waals surface area contributed by atoms with Gasteiger partial charge in [0.15, 0.2) is 0 Å². The Labute approximate surface area is 183 Å². The predicted octanol–water partition coefficient (Wildman–Crippen LogP) is 4.07. The van der Waals surface area contributed by atoms with Crippen molar-refractivity contribution in [1.82, 2.24) is 9.88 Å². The number of nitrogens with one attached hydrogen (secondary N) is 3. The zero-order valence-electron chi connectivity index (χ0n) is 18.1. The van der Waals surface area contributed by atoms with Gasteiger partial charge in [-0.1, -0.05) is 44.2 Å². The molecular formula is C25H30N4O2. The maximum Gasteiger partial charge on any atom is 0.258 e. The van der Waals surface area contributed by atoms with Gasteiger partial charge in [0.2, 0.25) is 0 Å². The molecule has 3 N–H and O–H groups in total. The maximum atomic E-state index is 12.6. The van der Waals surface area contributed by atoms with Gasteiger partial charge in [-0.05, 0) is 42.3 Å². The predicted molar refractivity (Wildman–Crippen MR) is 127 cm³/mol. The van der Waals surface area contributed by atoms with Crippen LogP contribution in [0.2, 0.25) is 0 Å². The second-order valence-corrected chi connectivity index (χ2v) is 7.79. The molecule has 2 aromatic carbocycles. The molecule has 0 amide bonds. The van der Waals surface area contributed by atoms with E-state index in [9.17, 15) is 4.79 Å². The fourth-order valence-corrected chi connectivity index (χ4v) is 3.16. The minimum absolute atomic E-state index is 0.180. The van der Waals surface area contributed by atoms with Crippen LogP contribution in [0.4, 0.5) is 5.69 Å². The Bertz CT molecular complexity index is 1040. The van der Waals surface area contributed by atoms with Crippen molar-refractivity contribution < 1.29 is 4.74 Å². The third kappa shape index (κ3) is 6.55. The molecule has 0 atom stereocenters. The zero-order chi connectivity index (χ0) is 22.1. The Morgan fingerprint density at radius 2 is 1.87 bits per heavy atom. The van der Waals surface area contributed by atoms with E-state index < -0.39 is 0 Å². The summed E-state index contributed by atoms with van der Waals surface area (Å²) < 4.78 is 7.29. The highest BCUT2D eigenvalue weighted by molar-refractivity contribution is 5.86. The summed E-state index contributed by atoms with van der Waals surface area (Å²) in [6.07, 6.45) is 3.00. The second kappa shape index (κ2) is 11.1. The van der Waals surface area contributed by atoms with E-state index in [0.717, 1.165) is 36.4 Å². The lowest BCUT2D eigenvalue weighted by atomic mass is 10.1. The van der Waals surface area contributed by atoms with Gasteiger partial charge in [0.05, 0.1) is 0 Å². The van der Waals surface area contributed by atoms with Crippen molar-refractivity contribution in [2.75, 3.05) is 25.0 Å². The van der Waals surface area contributed by atoms with E-state index in [4.69, 9.17) is 10.1 Å². The van der Waals surface area contributed by atoms with E-state index in [1.807, 2.05) is 48.5 Å². The standard InChI is InChI=1S/C25H30N4O2/c1-19(2)17-27-11-12-28-24-9-8-22(14-21(24)16-26)29-13-10-23(15-25(29)30)31-18-20-6-4-3-5-7-20/h3-10,13-16,19,26-28H,11-12,17-18H2,1-2H3. The molecule has 6 nitrogen and oxygen atoms in total. The van der Waals surface area contributed by atoms with E-state index in [1.165, 1.54) is 12.3 Å². The van der Waals surface area contributed by atoms with Gasteiger partial charge in [-0.2, -0.15) is 0 Å². The van der Waals surface area contributed by atoms with Gasteiger partial charge in [-0.15, -0.1) is 0 Å². The highest BCUT2D eigenvalue weighted by Crippen LogP contribution is 2.19. The molecule has 0 aliphatic rings. The first-order valence-electron chi connectivity index (χ1n) is 10.6. The van der Waals surface area contributed by atoms with Crippen LogP contribution in [-0.2, 0) is 6.61 Å². The van der Waals surface area contributed by atoms with Crippen LogP contribution in [-0.4, -0.2) is 30.4 Å². The van der Waals surface area contributed by atoms with Gasteiger partial charge in [0, 0.05) is 48.5 Å². The average Bonchev–Trinajstić information content (AvgIpc) is 2.78. The summed E-state index contributed by atoms with van der Waals surface area (Å²) in [6, 6.07) is 18.7. The molecule has 0 saturated carbocycles. The third-order valence-electron chi connectivity index (χ3n) is 4.78. The molecular weight excluding hydrogens is 388 g/mol. The lowest BCUT2D eigenvalue weighted by Gasteiger charge is -2.14. The molecule has 31 heavy (non-hydrogen) atoms. The van der Waals surface area contributed by atoms with Crippen LogP contribution >= 0.6 is 0 Å². The summed E-state index contributed by atoms with van der Waals surface area (Å²) in [4.78, 5) is 12.6. The van der Waals surface area contributed by atoms with E-state index in [0.29, 0.717) is 24.0 Å². The van der Waals surface area contributed by atoms with Gasteiger partial charge in [-0.3, -0.25) is 9.36 Å². The number of aromatic nitrogens is 1. The Morgan fingerprint density at radius 1 is 1.06 bits per heavy atom. The highest BCUT2D eigenvalue weighted by Gasteiger charge is 2.07. The van der Waals surface area contributed by atoms with Crippen LogP contribution in [0, 0.1) is 11.3 Å². The monoisotopic (exact) mass is 418 g/mol. The smallest absolute Gasteiger partial charge is 0.258 e. The van der Waals surface area contributed by atoms with E-state index in [-0.39, 0.29) is 5.56 Å². The summed E-state index contributed by atoms with van der Waals surface area (Å²) in [6.45, 7) is 7.36. The van der Waals surface area contributed by atoms with Crippen LogP contribution in [0.15, 0.2) is 71.7 Å². The molecule has 162 valence electrons. The number of hydrogen-bond acceptors (Lipinski definition) is 5. The van der Waals surface area contributed by atoms with Gasteiger partial charge in [0.1, 0.15) is 12.4 Å². The largest absolute Gasteiger partial charge is 0.489 e. The Morgan fingerprint density at radius 3 is 2.58 bits per heavy atom. The van der Waals surface area contributed by atoms with Crippen LogP contribution < -0.4 is 20.9 Å². The molecule has 0 aliphatic carbocycles. The Hall–Kier alpha value is -3.38. The average molecular weight is 419 g/mol. The van der Waals surface area contributed by atoms with E-state index >= 15 is 0 Å². The molecule has 0 spiro atoms. The summed E-state index contributed by atoms with van der Waals surface area (Å²) in [5.41, 5.74) is 3.19. The van der Waals surface area contributed by atoms with Crippen molar-refractivity contribution in [3.63, 3.8) is 0 Å². The summed E-state index contributed by atoms with van der Waals surface area (Å²) >= 11 is 0. The van der Waals surface area contributed by atoms with E-state index in [1.54, 1.807) is 16.8 Å². The fraction of sp³-hybridized carbons (Fsp3) is 0.280. The first kappa shape index (κ1) is 22.3. The van der Waals surface area contributed by atoms with Crippen molar-refractivity contribution in [3.8, 4) is 11.4 Å². The van der Waals surface area contributed by atoms with Crippen molar-refractivity contribution in [2.45, 2.75) is 20.5 Å². The Balaban J connectivity index is 1.66. The first-order chi connectivity index (χ1) is 15.1. The maximum absolute atomic E-state index is 12.6. The van der Waals surface area contributed by atoms with Gasteiger partial charge < -0.3 is 20.8 Å². The molecule has 3 aromatic rings. The van der Waals surface area contributed by atoms with Crippen LogP contribution in [0.3, 0.4) is 0 Å². The molecule has 0 aliphatic heterocycles. The SMILES string of the molecule is CC(C)CNCCNc1ccc(-n2ccc(OCc3ccccc3)cc2=O)cc1C=N. The quantitative estimate of drug-likeness (QED) is 0.324. The molecule has 0 unspecified atom stereocenters. The number of nitrogens with zero attached hydrogens (tertiary/aromatic N) is 1. The lowest BCUT2D eigenvalue weighted by Crippen LogP contribution is -2.26. The van der Waals surface area contributed by atoms with E-state index in [2.05, 4.69) is 24.5 Å². The summed E-state index contributed by atoms with van der Waals surface area (Å²) in [5, 5.41) is 14.5. The van der Waals surface area contributed by atoms with Gasteiger partial charge in [0.25, 0.3) is 5.56 Å². The fourth-order valence-electron chi connectivity index (χ4n) is 3.16. The molecule has 0 bridgehead atoms. The molecule has 3 rings (SSSR count). The number of benzene rings is 2. The molecule has 1 aromatic heterocycles. The van der Waals surface area contributed by atoms with Crippen molar-refractivity contribution in [3.05, 3.63) is 88.3 Å². The molecule has 6 heteroatoms. The molecule has 0 saturated heterocycles. The van der Waals surface area contributed by atoms with Crippen LogP contribution in [0.1, 0.15) is 25.0 Å². The van der Waals surface area contributed by atoms with Gasteiger partial charge in [-0.25, -0.2) is 0 Å². The topological polar surface area (TPSA) is 79.1 Å². The minimum Gasteiger partial charge on any atom is -0.489 e. The Kier molecular flexibility index (Phi) is 8.01. The number of hydrogen-bond donors (Lipinski definition) is 3. The summed E-state index contributed by atoms with van der Waals surface area (Å²) in [5.74, 6) is 1.15. The van der Waals surface area contributed by atoms with Crippen molar-refractivity contribution in [1.29, 1.82) is 5.41 Å². The van der Waals surface area contributed by atoms with Crippen molar-refractivity contribution in [2.24, 2.45) is 5.92 Å². The normalized spacial score (nSPS) is 10.8. The lowest BCUT2D eigenvalue weighted by molar-refractivity contribution is 0.305. The van der Waals surface area contributed by atoms with Crippen LogP contribution in [0.5, 0.6) is 5.75 Å².